The van der Waals surface area contributed by atoms with Crippen LogP contribution in [0, 0.1) is 23.3 Å². The van der Waals surface area contributed by atoms with Gasteiger partial charge in [-0.15, -0.1) is 0 Å². The van der Waals surface area contributed by atoms with Gasteiger partial charge in [-0.3, -0.25) is 0 Å². The highest BCUT2D eigenvalue weighted by Crippen LogP contribution is 2.30. The van der Waals surface area contributed by atoms with E-state index in [2.05, 4.69) is 15.9 Å². The van der Waals surface area contributed by atoms with Crippen LogP contribution < -0.4 is 0 Å². The van der Waals surface area contributed by atoms with E-state index in [9.17, 15) is 17.6 Å². The zero-order chi connectivity index (χ0) is 14.0. The Balaban J connectivity index is 2.25. The zero-order valence-electron chi connectivity index (χ0n) is 9.64. The molecule has 0 saturated heterocycles. The van der Waals surface area contributed by atoms with Gasteiger partial charge in [-0.2, -0.15) is 0 Å². The summed E-state index contributed by atoms with van der Waals surface area (Å²) in [7, 11) is 0. The molecule has 0 aromatic heterocycles. The topological polar surface area (TPSA) is 0 Å². The normalized spacial score (nSPS) is 12.5. The van der Waals surface area contributed by atoms with Crippen LogP contribution >= 0.6 is 15.9 Å². The van der Waals surface area contributed by atoms with E-state index in [0.29, 0.717) is 0 Å². The number of benzene rings is 2. The molecule has 1 atom stereocenters. The number of halogens is 5. The van der Waals surface area contributed by atoms with Gasteiger partial charge in [-0.25, -0.2) is 17.6 Å². The minimum absolute atomic E-state index is 0.0898. The summed E-state index contributed by atoms with van der Waals surface area (Å²) in [5, 5.41) is 0. The lowest BCUT2D eigenvalue weighted by atomic mass is 10.0. The number of hydrogen-bond acceptors (Lipinski definition) is 0. The van der Waals surface area contributed by atoms with Crippen LogP contribution in [0.25, 0.3) is 0 Å². The van der Waals surface area contributed by atoms with Gasteiger partial charge < -0.3 is 0 Å². The highest BCUT2D eigenvalue weighted by atomic mass is 79.9. The molecular weight excluding hydrogens is 324 g/mol. The van der Waals surface area contributed by atoms with Gasteiger partial charge in [0.15, 0.2) is 11.6 Å². The van der Waals surface area contributed by atoms with Crippen LogP contribution in [-0.2, 0) is 6.42 Å². The van der Waals surface area contributed by atoms with Gasteiger partial charge in [0.1, 0.15) is 11.6 Å². The molecule has 19 heavy (non-hydrogen) atoms. The first-order valence-corrected chi connectivity index (χ1v) is 6.42. The SMILES string of the molecule is Fc1ccc(CC(Br)c2cccc(F)c2F)c(F)c1. The van der Waals surface area contributed by atoms with Gasteiger partial charge in [-0.05, 0) is 24.1 Å². The smallest absolute Gasteiger partial charge is 0.163 e. The van der Waals surface area contributed by atoms with Crippen molar-refractivity contribution in [2.45, 2.75) is 11.2 Å². The van der Waals surface area contributed by atoms with Gasteiger partial charge in [-0.1, -0.05) is 34.1 Å². The predicted molar refractivity (Wildman–Crippen MR) is 68.1 cm³/mol. The van der Waals surface area contributed by atoms with E-state index in [-0.39, 0.29) is 17.5 Å². The van der Waals surface area contributed by atoms with E-state index in [1.165, 1.54) is 18.2 Å². The lowest BCUT2D eigenvalue weighted by Gasteiger charge is -2.12. The molecule has 0 aliphatic carbocycles. The maximum absolute atomic E-state index is 13.6. The fourth-order valence-electron chi connectivity index (χ4n) is 1.75. The summed E-state index contributed by atoms with van der Waals surface area (Å²) in [5.41, 5.74) is 0.329. The minimum Gasteiger partial charge on any atom is -0.207 e. The average Bonchev–Trinajstić information content (AvgIpc) is 2.36. The highest BCUT2D eigenvalue weighted by Gasteiger charge is 2.17. The third kappa shape index (κ3) is 3.15. The molecule has 2 rings (SSSR count). The van der Waals surface area contributed by atoms with E-state index in [0.717, 1.165) is 18.2 Å². The zero-order valence-corrected chi connectivity index (χ0v) is 11.2. The third-order valence-corrected chi connectivity index (χ3v) is 3.55. The molecule has 2 aromatic carbocycles. The Morgan fingerprint density at radius 3 is 2.37 bits per heavy atom. The summed E-state index contributed by atoms with van der Waals surface area (Å²) in [5.74, 6) is -3.31. The predicted octanol–water partition coefficient (Wildman–Crippen LogP) is 4.92. The van der Waals surface area contributed by atoms with Crippen LogP contribution in [0.5, 0.6) is 0 Å². The lowest BCUT2D eigenvalue weighted by Crippen LogP contribution is -2.02. The van der Waals surface area contributed by atoms with Crippen LogP contribution in [0.1, 0.15) is 16.0 Å². The molecule has 0 saturated carbocycles. The van der Waals surface area contributed by atoms with Gasteiger partial charge >= 0.3 is 0 Å². The van der Waals surface area contributed by atoms with Gasteiger partial charge in [0.25, 0.3) is 0 Å². The molecular formula is C14H9BrF4. The molecule has 0 spiro atoms. The second-order valence-corrected chi connectivity index (χ2v) is 5.16. The van der Waals surface area contributed by atoms with E-state index < -0.39 is 28.1 Å². The molecule has 100 valence electrons. The van der Waals surface area contributed by atoms with Gasteiger partial charge in [0, 0.05) is 16.5 Å². The lowest BCUT2D eigenvalue weighted by molar-refractivity contribution is 0.497. The molecule has 0 amide bonds. The summed E-state index contributed by atoms with van der Waals surface area (Å²) >= 11 is 3.19. The standard InChI is InChI=1S/C14H9BrF4/c15-11(10-2-1-3-12(17)14(10)19)6-8-4-5-9(16)7-13(8)18/h1-5,7,11H,6H2. The molecule has 0 aliphatic heterocycles. The molecule has 0 heterocycles. The van der Waals surface area contributed by atoms with E-state index in [4.69, 9.17) is 0 Å². The molecule has 0 N–H and O–H groups in total. The molecule has 1 unspecified atom stereocenters. The molecule has 0 aliphatic rings. The van der Waals surface area contributed by atoms with Crippen molar-refractivity contribution >= 4 is 15.9 Å². The Labute approximate surface area is 116 Å². The summed E-state index contributed by atoms with van der Waals surface area (Å²) in [6.45, 7) is 0. The Kier molecular flexibility index (Phi) is 4.24. The quantitative estimate of drug-likeness (QED) is 0.552. The van der Waals surface area contributed by atoms with Crippen LogP contribution in [0.3, 0.4) is 0 Å². The van der Waals surface area contributed by atoms with Crippen molar-refractivity contribution in [1.29, 1.82) is 0 Å². The Bertz CT molecular complexity index is 598. The Morgan fingerprint density at radius 2 is 1.68 bits per heavy atom. The number of alkyl halides is 1. The van der Waals surface area contributed by atoms with Gasteiger partial charge in [0.2, 0.25) is 0 Å². The third-order valence-electron chi connectivity index (χ3n) is 2.73. The van der Waals surface area contributed by atoms with Crippen LogP contribution in [-0.4, -0.2) is 0 Å². The first-order chi connectivity index (χ1) is 8.99. The summed E-state index contributed by atoms with van der Waals surface area (Å²) in [6.07, 6.45) is 0.0898. The number of rotatable bonds is 3. The average molecular weight is 333 g/mol. The molecule has 0 nitrogen and oxygen atoms in total. The maximum Gasteiger partial charge on any atom is 0.163 e. The van der Waals surface area contributed by atoms with Crippen LogP contribution in [0.2, 0.25) is 0 Å². The summed E-state index contributed by atoms with van der Waals surface area (Å²) in [6, 6.07) is 6.98. The van der Waals surface area contributed by atoms with Crippen LogP contribution in [0.4, 0.5) is 17.6 Å². The monoisotopic (exact) mass is 332 g/mol. The van der Waals surface area contributed by atoms with Crippen molar-refractivity contribution in [2.75, 3.05) is 0 Å². The largest absolute Gasteiger partial charge is 0.207 e. The Hall–Kier alpha value is -1.36. The first kappa shape index (κ1) is 14.1. The summed E-state index contributed by atoms with van der Waals surface area (Å²) < 4.78 is 52.9. The van der Waals surface area contributed by atoms with E-state index >= 15 is 0 Å². The highest BCUT2D eigenvalue weighted by molar-refractivity contribution is 9.09. The molecule has 0 radical (unpaired) electrons. The summed E-state index contributed by atoms with van der Waals surface area (Å²) in [4.78, 5) is -0.594. The fourth-order valence-corrected chi connectivity index (χ4v) is 2.46. The van der Waals surface area contributed by atoms with Crippen molar-refractivity contribution in [3.05, 3.63) is 70.8 Å². The second-order valence-electron chi connectivity index (χ2n) is 4.05. The number of hydrogen-bond donors (Lipinski definition) is 0. The van der Waals surface area contributed by atoms with E-state index in [1.54, 1.807) is 0 Å². The van der Waals surface area contributed by atoms with Crippen molar-refractivity contribution in [3.8, 4) is 0 Å². The first-order valence-electron chi connectivity index (χ1n) is 5.51. The second kappa shape index (κ2) is 5.74. The van der Waals surface area contributed by atoms with Crippen molar-refractivity contribution < 1.29 is 17.6 Å². The fraction of sp³-hybridized carbons (Fsp3) is 0.143. The maximum atomic E-state index is 13.6. The Morgan fingerprint density at radius 1 is 0.947 bits per heavy atom. The molecule has 0 bridgehead atoms. The van der Waals surface area contributed by atoms with Gasteiger partial charge in [0.05, 0.1) is 0 Å². The van der Waals surface area contributed by atoms with Crippen molar-refractivity contribution in [3.63, 3.8) is 0 Å². The molecule has 5 heteroatoms. The van der Waals surface area contributed by atoms with E-state index in [1.807, 2.05) is 0 Å². The minimum atomic E-state index is -0.966. The van der Waals surface area contributed by atoms with Crippen molar-refractivity contribution in [1.82, 2.24) is 0 Å². The van der Waals surface area contributed by atoms with Crippen LogP contribution in [0.15, 0.2) is 36.4 Å². The van der Waals surface area contributed by atoms with Crippen molar-refractivity contribution in [2.24, 2.45) is 0 Å². The molecule has 2 aromatic rings. The molecule has 0 fully saturated rings.